The average Bonchev–Trinajstić information content (AvgIpc) is 3.10. The van der Waals surface area contributed by atoms with E-state index >= 15 is 0 Å². The fourth-order valence-corrected chi connectivity index (χ4v) is 4.12. The number of carbonyl (C=O) groups is 1. The smallest absolute Gasteiger partial charge is 0.326 e. The molecule has 0 N–H and O–H groups in total. The molecule has 0 unspecified atom stereocenters. The average molecular weight is 366 g/mol. The number of ether oxygens (including phenoxy) is 2. The van der Waals surface area contributed by atoms with Gasteiger partial charge in [-0.05, 0) is 23.6 Å². The largest absolute Gasteiger partial charge is 0.493 e. The summed E-state index contributed by atoms with van der Waals surface area (Å²) >= 11 is 1.07. The van der Waals surface area contributed by atoms with Gasteiger partial charge in [-0.25, -0.2) is 8.42 Å². The maximum absolute atomic E-state index is 12.3. The van der Waals surface area contributed by atoms with Gasteiger partial charge < -0.3 is 9.47 Å². The highest BCUT2D eigenvalue weighted by Gasteiger charge is 2.25. The van der Waals surface area contributed by atoms with Gasteiger partial charge in [-0.15, -0.1) is 11.3 Å². The van der Waals surface area contributed by atoms with Crippen LogP contribution in [0.5, 0.6) is 11.5 Å². The van der Waals surface area contributed by atoms with Gasteiger partial charge >= 0.3 is 5.97 Å². The molecule has 1 aromatic heterocycles. The van der Waals surface area contributed by atoms with Crippen LogP contribution >= 0.6 is 11.3 Å². The maximum Gasteiger partial charge on any atom is 0.326 e. The van der Waals surface area contributed by atoms with E-state index in [1.54, 1.807) is 11.4 Å². The number of benzene rings is 1. The number of likely N-dealkylation sites (N-methyl/N-ethyl adjacent to an activating group) is 1. The molecular weight excluding hydrogens is 352 g/mol. The number of methoxy groups -OCH3 is 1. The van der Waals surface area contributed by atoms with E-state index in [4.69, 9.17) is 14.7 Å². The predicted octanol–water partition coefficient (Wildman–Crippen LogP) is 1.85. The number of nitriles is 1. The van der Waals surface area contributed by atoms with Crippen LogP contribution in [0.3, 0.4) is 0 Å². The van der Waals surface area contributed by atoms with Crippen molar-refractivity contribution in [3.8, 4) is 17.6 Å². The van der Waals surface area contributed by atoms with E-state index < -0.39 is 22.5 Å². The van der Waals surface area contributed by atoms with E-state index in [2.05, 4.69) is 0 Å². The molecule has 9 heteroatoms. The van der Waals surface area contributed by atoms with Gasteiger partial charge in [0.05, 0.1) is 18.7 Å². The summed E-state index contributed by atoms with van der Waals surface area (Å²) in [5, 5.41) is 10.5. The van der Waals surface area contributed by atoms with Crippen LogP contribution in [0.2, 0.25) is 0 Å². The van der Waals surface area contributed by atoms with E-state index in [1.807, 2.05) is 6.07 Å². The summed E-state index contributed by atoms with van der Waals surface area (Å²) in [6.07, 6.45) is 0. The van der Waals surface area contributed by atoms with Crippen molar-refractivity contribution >= 4 is 27.3 Å². The second kappa shape index (κ2) is 7.44. The van der Waals surface area contributed by atoms with Gasteiger partial charge in [0.25, 0.3) is 10.0 Å². The highest BCUT2D eigenvalue weighted by Crippen LogP contribution is 2.28. The van der Waals surface area contributed by atoms with E-state index in [0.29, 0.717) is 5.56 Å². The topological polar surface area (TPSA) is 96.7 Å². The lowest BCUT2D eigenvalue weighted by Crippen LogP contribution is -2.33. The van der Waals surface area contributed by atoms with Gasteiger partial charge in [-0.1, -0.05) is 6.07 Å². The zero-order chi connectivity index (χ0) is 17.7. The van der Waals surface area contributed by atoms with Crippen LogP contribution in [-0.2, 0) is 14.8 Å². The Balaban J connectivity index is 2.10. The van der Waals surface area contributed by atoms with Crippen LogP contribution in [0.25, 0.3) is 0 Å². The van der Waals surface area contributed by atoms with Crippen molar-refractivity contribution in [3.05, 3.63) is 41.3 Å². The summed E-state index contributed by atoms with van der Waals surface area (Å²) in [6, 6.07) is 9.34. The number of nitrogens with zero attached hydrogens (tertiary/aromatic N) is 2. The van der Waals surface area contributed by atoms with Gasteiger partial charge in [0.2, 0.25) is 0 Å². The van der Waals surface area contributed by atoms with E-state index in [-0.39, 0.29) is 15.7 Å². The van der Waals surface area contributed by atoms with Crippen LogP contribution in [0, 0.1) is 11.3 Å². The molecule has 1 aromatic carbocycles. The summed E-state index contributed by atoms with van der Waals surface area (Å²) in [6.45, 7) is -0.455. The minimum Gasteiger partial charge on any atom is -0.493 e. The minimum absolute atomic E-state index is 0.114. The molecule has 0 aliphatic carbocycles. The fourth-order valence-electron chi connectivity index (χ4n) is 1.81. The molecule has 0 saturated heterocycles. The Morgan fingerprint density at radius 2 is 2.08 bits per heavy atom. The first-order chi connectivity index (χ1) is 11.4. The molecule has 0 amide bonds. The first-order valence-electron chi connectivity index (χ1n) is 6.67. The summed E-state index contributed by atoms with van der Waals surface area (Å²) in [4.78, 5) is 12.0. The number of hydrogen-bond donors (Lipinski definition) is 0. The van der Waals surface area contributed by atoms with Crippen molar-refractivity contribution in [2.24, 2.45) is 0 Å². The second-order valence-corrected chi connectivity index (χ2v) is 7.86. The van der Waals surface area contributed by atoms with Gasteiger partial charge in [-0.3, -0.25) is 4.79 Å². The van der Waals surface area contributed by atoms with Crippen molar-refractivity contribution in [1.29, 1.82) is 5.26 Å². The van der Waals surface area contributed by atoms with Crippen molar-refractivity contribution < 1.29 is 22.7 Å². The first-order valence-corrected chi connectivity index (χ1v) is 8.99. The van der Waals surface area contributed by atoms with Gasteiger partial charge in [-0.2, -0.15) is 9.57 Å². The molecule has 0 fully saturated rings. The number of rotatable bonds is 6. The molecule has 2 rings (SSSR count). The number of hydrogen-bond acceptors (Lipinski definition) is 7. The third-order valence-corrected chi connectivity index (χ3v) is 6.20. The Kier molecular flexibility index (Phi) is 5.56. The van der Waals surface area contributed by atoms with Crippen LogP contribution < -0.4 is 9.47 Å². The lowest BCUT2D eigenvalue weighted by atomic mass is 10.2. The molecule has 0 atom stereocenters. The molecule has 0 saturated carbocycles. The summed E-state index contributed by atoms with van der Waals surface area (Å²) in [7, 11) is -1.06. The Hall–Kier alpha value is -2.41. The zero-order valence-electron chi connectivity index (χ0n) is 12.9. The summed E-state index contributed by atoms with van der Waals surface area (Å²) in [5.74, 6) is -0.435. The summed E-state index contributed by atoms with van der Waals surface area (Å²) < 4.78 is 35.8. The van der Waals surface area contributed by atoms with Crippen LogP contribution in [-0.4, -0.2) is 39.4 Å². The van der Waals surface area contributed by atoms with Crippen molar-refractivity contribution in [2.45, 2.75) is 4.21 Å². The van der Waals surface area contributed by atoms with E-state index in [1.165, 1.54) is 38.4 Å². The molecule has 0 aliphatic heterocycles. The quantitative estimate of drug-likeness (QED) is 0.572. The number of esters is 1. The Morgan fingerprint density at radius 1 is 1.33 bits per heavy atom. The zero-order valence-corrected chi connectivity index (χ0v) is 14.6. The monoisotopic (exact) mass is 366 g/mol. The third-order valence-electron chi connectivity index (χ3n) is 3.03. The molecule has 1 heterocycles. The molecule has 24 heavy (non-hydrogen) atoms. The first kappa shape index (κ1) is 17.9. The van der Waals surface area contributed by atoms with Crippen LogP contribution in [0.1, 0.15) is 5.56 Å². The molecule has 0 aliphatic rings. The molecule has 0 bridgehead atoms. The normalized spacial score (nSPS) is 11.1. The highest BCUT2D eigenvalue weighted by atomic mass is 32.2. The fraction of sp³-hybridized carbons (Fsp3) is 0.200. The van der Waals surface area contributed by atoms with Crippen molar-refractivity contribution in [2.75, 3.05) is 20.7 Å². The maximum atomic E-state index is 12.3. The van der Waals surface area contributed by atoms with Crippen molar-refractivity contribution in [3.63, 3.8) is 0 Å². The minimum atomic E-state index is -3.73. The van der Waals surface area contributed by atoms with Gasteiger partial charge in [0.15, 0.2) is 11.5 Å². The predicted molar refractivity (Wildman–Crippen MR) is 87.5 cm³/mol. The van der Waals surface area contributed by atoms with E-state index in [0.717, 1.165) is 15.6 Å². The molecular formula is C15H14N2O5S2. The molecule has 0 spiro atoms. The highest BCUT2D eigenvalue weighted by molar-refractivity contribution is 7.91. The lowest BCUT2D eigenvalue weighted by molar-refractivity contribution is -0.134. The lowest BCUT2D eigenvalue weighted by Gasteiger charge is -2.15. The molecule has 0 radical (unpaired) electrons. The number of thiophene rings is 1. The number of sulfonamides is 1. The Morgan fingerprint density at radius 3 is 2.67 bits per heavy atom. The second-order valence-electron chi connectivity index (χ2n) is 4.64. The molecule has 126 valence electrons. The SMILES string of the molecule is COc1cc(C#N)ccc1OC(=O)CN(C)S(=O)(=O)c1cccs1. The van der Waals surface area contributed by atoms with Crippen LogP contribution in [0.15, 0.2) is 39.9 Å². The van der Waals surface area contributed by atoms with Gasteiger partial charge in [0.1, 0.15) is 10.8 Å². The summed E-state index contributed by atoms with van der Waals surface area (Å²) in [5.41, 5.74) is 0.351. The van der Waals surface area contributed by atoms with Gasteiger partial charge in [0, 0.05) is 13.1 Å². The molecule has 7 nitrogen and oxygen atoms in total. The molecule has 2 aromatic rings. The Labute approximate surface area is 143 Å². The van der Waals surface area contributed by atoms with Crippen LogP contribution in [0.4, 0.5) is 0 Å². The van der Waals surface area contributed by atoms with E-state index in [9.17, 15) is 13.2 Å². The van der Waals surface area contributed by atoms with Crippen molar-refractivity contribution in [1.82, 2.24) is 4.31 Å². The third kappa shape index (κ3) is 3.91. The Bertz CT molecular complexity index is 870. The number of carbonyl (C=O) groups excluding carboxylic acids is 1. The standard InChI is InChI=1S/C15H14N2O5S2/c1-17(24(19,20)15-4-3-7-23-15)10-14(18)22-12-6-5-11(9-16)8-13(12)21-2/h3-8H,10H2,1-2H3.